The predicted octanol–water partition coefficient (Wildman–Crippen LogP) is 4.18. The van der Waals surface area contributed by atoms with Crippen molar-refractivity contribution in [1.82, 2.24) is 4.57 Å². The van der Waals surface area contributed by atoms with Gasteiger partial charge in [-0.25, -0.2) is 0 Å². The van der Waals surface area contributed by atoms with Crippen molar-refractivity contribution in [2.45, 2.75) is 13.5 Å². The maximum atomic E-state index is 11.5. The molecule has 0 atom stereocenters. The van der Waals surface area contributed by atoms with Gasteiger partial charge in [0, 0.05) is 28.4 Å². The van der Waals surface area contributed by atoms with Crippen molar-refractivity contribution in [2.75, 3.05) is 0 Å². The highest BCUT2D eigenvalue weighted by atomic mass is 16.1. The zero-order chi connectivity index (χ0) is 13.4. The van der Waals surface area contributed by atoms with Crippen LogP contribution in [0.15, 0.2) is 55.1 Å². The molecule has 1 aromatic heterocycles. The summed E-state index contributed by atoms with van der Waals surface area (Å²) in [5.74, 6) is 0.0947. The third kappa shape index (κ3) is 1.76. The minimum Gasteiger partial charge on any atom is -0.337 e. The van der Waals surface area contributed by atoms with Crippen molar-refractivity contribution in [3.05, 3.63) is 60.7 Å². The van der Waals surface area contributed by atoms with E-state index in [0.29, 0.717) is 0 Å². The van der Waals surface area contributed by atoms with Crippen molar-refractivity contribution in [3.8, 4) is 0 Å². The average molecular weight is 249 g/mol. The van der Waals surface area contributed by atoms with Crippen LogP contribution < -0.4 is 0 Å². The number of fused-ring (bicyclic) bond motifs is 3. The second kappa shape index (κ2) is 4.39. The van der Waals surface area contributed by atoms with Gasteiger partial charge in [0.25, 0.3) is 0 Å². The normalized spacial score (nSPS) is 11.0. The Morgan fingerprint density at radius 1 is 1.16 bits per heavy atom. The fourth-order valence-electron chi connectivity index (χ4n) is 2.59. The summed E-state index contributed by atoms with van der Waals surface area (Å²) in [6.07, 6.45) is 1.88. The number of carbonyl (C=O) groups is 1. The number of para-hydroxylation sites is 1. The van der Waals surface area contributed by atoms with Gasteiger partial charge in [-0.2, -0.15) is 0 Å². The van der Waals surface area contributed by atoms with E-state index in [1.54, 1.807) is 6.92 Å². The van der Waals surface area contributed by atoms with E-state index in [1.807, 2.05) is 36.4 Å². The number of benzene rings is 2. The van der Waals surface area contributed by atoms with Crippen LogP contribution in [0.5, 0.6) is 0 Å². The molecule has 3 rings (SSSR count). The first-order valence-electron chi connectivity index (χ1n) is 6.35. The molecule has 0 saturated carbocycles. The van der Waals surface area contributed by atoms with Crippen molar-refractivity contribution in [2.24, 2.45) is 0 Å². The largest absolute Gasteiger partial charge is 0.337 e. The zero-order valence-corrected chi connectivity index (χ0v) is 10.9. The SMILES string of the molecule is C=CCn1c2ccccc2c2ccc(C(C)=O)cc21. The van der Waals surface area contributed by atoms with E-state index in [-0.39, 0.29) is 5.78 Å². The third-order valence-electron chi connectivity index (χ3n) is 3.49. The van der Waals surface area contributed by atoms with Crippen molar-refractivity contribution < 1.29 is 4.79 Å². The Morgan fingerprint density at radius 2 is 1.89 bits per heavy atom. The monoisotopic (exact) mass is 249 g/mol. The molecule has 0 aliphatic heterocycles. The van der Waals surface area contributed by atoms with Gasteiger partial charge in [0.15, 0.2) is 5.78 Å². The van der Waals surface area contributed by atoms with Gasteiger partial charge < -0.3 is 4.57 Å². The second-order valence-electron chi connectivity index (χ2n) is 4.70. The van der Waals surface area contributed by atoms with Gasteiger partial charge in [-0.1, -0.05) is 36.4 Å². The van der Waals surface area contributed by atoms with Gasteiger partial charge in [-0.15, -0.1) is 6.58 Å². The maximum Gasteiger partial charge on any atom is 0.159 e. The molecule has 1 heterocycles. The Balaban J connectivity index is 2.45. The summed E-state index contributed by atoms with van der Waals surface area (Å²) >= 11 is 0. The molecule has 0 N–H and O–H groups in total. The molecule has 0 amide bonds. The van der Waals surface area contributed by atoms with Crippen LogP contribution in [0.2, 0.25) is 0 Å². The van der Waals surface area contributed by atoms with Crippen molar-refractivity contribution >= 4 is 27.6 Å². The molecule has 0 unspecified atom stereocenters. The number of allylic oxidation sites excluding steroid dienone is 1. The quantitative estimate of drug-likeness (QED) is 0.504. The molecule has 0 aliphatic rings. The molecule has 0 spiro atoms. The lowest BCUT2D eigenvalue weighted by atomic mass is 10.1. The molecule has 19 heavy (non-hydrogen) atoms. The summed E-state index contributed by atoms with van der Waals surface area (Å²) in [6.45, 7) is 6.16. The van der Waals surface area contributed by atoms with Crippen LogP contribution in [0.25, 0.3) is 21.8 Å². The zero-order valence-electron chi connectivity index (χ0n) is 10.9. The van der Waals surface area contributed by atoms with Crippen LogP contribution in [-0.2, 0) is 6.54 Å². The number of carbonyl (C=O) groups excluding carboxylic acids is 1. The molecule has 0 saturated heterocycles. The Hall–Kier alpha value is -2.35. The van der Waals surface area contributed by atoms with Crippen LogP contribution in [0.4, 0.5) is 0 Å². The summed E-state index contributed by atoms with van der Waals surface area (Å²) in [5, 5.41) is 2.40. The minimum atomic E-state index is 0.0947. The van der Waals surface area contributed by atoms with Crippen LogP contribution >= 0.6 is 0 Å². The van der Waals surface area contributed by atoms with E-state index < -0.39 is 0 Å². The van der Waals surface area contributed by atoms with Gasteiger partial charge >= 0.3 is 0 Å². The first-order chi connectivity index (χ1) is 9.22. The highest BCUT2D eigenvalue weighted by molar-refractivity contribution is 6.10. The molecular weight excluding hydrogens is 234 g/mol. The van der Waals surface area contributed by atoms with Crippen molar-refractivity contribution in [1.29, 1.82) is 0 Å². The molecule has 0 bridgehead atoms. The predicted molar refractivity (Wildman–Crippen MR) is 79.6 cm³/mol. The Bertz CT molecular complexity index is 795. The van der Waals surface area contributed by atoms with Gasteiger partial charge in [0.05, 0.1) is 5.52 Å². The average Bonchev–Trinajstić information content (AvgIpc) is 2.74. The highest BCUT2D eigenvalue weighted by Gasteiger charge is 2.10. The number of rotatable bonds is 3. The summed E-state index contributed by atoms with van der Waals surface area (Å²) in [4.78, 5) is 11.5. The van der Waals surface area contributed by atoms with E-state index in [9.17, 15) is 4.79 Å². The van der Waals surface area contributed by atoms with E-state index >= 15 is 0 Å². The number of ketones is 1. The lowest BCUT2D eigenvalue weighted by molar-refractivity contribution is 0.101. The van der Waals surface area contributed by atoms with Crippen LogP contribution in [0, 0.1) is 0 Å². The number of nitrogens with zero attached hydrogens (tertiary/aromatic N) is 1. The van der Waals surface area contributed by atoms with E-state index in [0.717, 1.165) is 17.6 Å². The first kappa shape index (κ1) is 11.7. The first-order valence-corrected chi connectivity index (χ1v) is 6.35. The fraction of sp³-hybridized carbons (Fsp3) is 0.118. The summed E-state index contributed by atoms with van der Waals surface area (Å²) in [7, 11) is 0. The van der Waals surface area contributed by atoms with Crippen molar-refractivity contribution in [3.63, 3.8) is 0 Å². The molecule has 0 aliphatic carbocycles. The lowest BCUT2D eigenvalue weighted by Crippen LogP contribution is -1.96. The van der Waals surface area contributed by atoms with E-state index in [2.05, 4.69) is 23.3 Å². The Morgan fingerprint density at radius 3 is 2.63 bits per heavy atom. The molecule has 94 valence electrons. The summed E-state index contributed by atoms with van der Waals surface area (Å²) < 4.78 is 2.20. The van der Waals surface area contributed by atoms with E-state index in [1.165, 1.54) is 16.3 Å². The molecule has 0 radical (unpaired) electrons. The fourth-order valence-corrected chi connectivity index (χ4v) is 2.59. The number of hydrogen-bond acceptors (Lipinski definition) is 1. The van der Waals surface area contributed by atoms with Crippen LogP contribution in [0.3, 0.4) is 0 Å². The van der Waals surface area contributed by atoms with Gasteiger partial charge in [-0.05, 0) is 19.1 Å². The van der Waals surface area contributed by atoms with Crippen LogP contribution in [-0.4, -0.2) is 10.4 Å². The summed E-state index contributed by atoms with van der Waals surface area (Å²) in [6, 6.07) is 14.2. The van der Waals surface area contributed by atoms with Gasteiger partial charge in [0.1, 0.15) is 0 Å². The molecule has 3 aromatic rings. The van der Waals surface area contributed by atoms with Gasteiger partial charge in [0.2, 0.25) is 0 Å². The second-order valence-corrected chi connectivity index (χ2v) is 4.70. The third-order valence-corrected chi connectivity index (χ3v) is 3.49. The molecule has 2 aromatic carbocycles. The van der Waals surface area contributed by atoms with E-state index in [4.69, 9.17) is 0 Å². The molecule has 2 heteroatoms. The number of Topliss-reactive ketones (excluding diaryl/α,β-unsaturated/α-hetero) is 1. The Labute approximate surface area is 112 Å². The smallest absolute Gasteiger partial charge is 0.159 e. The topological polar surface area (TPSA) is 22.0 Å². The molecule has 0 fully saturated rings. The number of hydrogen-bond donors (Lipinski definition) is 0. The van der Waals surface area contributed by atoms with Gasteiger partial charge in [-0.3, -0.25) is 4.79 Å². The van der Waals surface area contributed by atoms with Crippen LogP contribution in [0.1, 0.15) is 17.3 Å². The maximum absolute atomic E-state index is 11.5. The summed E-state index contributed by atoms with van der Waals surface area (Å²) in [5.41, 5.74) is 3.02. The number of aromatic nitrogens is 1. The molecule has 2 nitrogen and oxygen atoms in total. The lowest BCUT2D eigenvalue weighted by Gasteiger charge is -2.04. The highest BCUT2D eigenvalue weighted by Crippen LogP contribution is 2.29. The Kier molecular flexibility index (Phi) is 2.71. The molecular formula is C17H15NO. The minimum absolute atomic E-state index is 0.0947. The standard InChI is InChI=1S/C17H15NO/c1-3-10-18-16-7-5-4-6-14(16)15-9-8-13(12(2)19)11-17(15)18/h3-9,11H,1,10H2,2H3.